The van der Waals surface area contributed by atoms with Crippen LogP contribution >= 0.6 is 0 Å². The van der Waals surface area contributed by atoms with E-state index in [1.807, 2.05) is 0 Å². The Morgan fingerprint density at radius 3 is 2.79 bits per heavy atom. The highest BCUT2D eigenvalue weighted by Gasteiger charge is 2.29. The van der Waals surface area contributed by atoms with E-state index in [0.717, 1.165) is 18.9 Å². The van der Waals surface area contributed by atoms with Crippen molar-refractivity contribution in [3.63, 3.8) is 0 Å². The first kappa shape index (κ1) is 14.5. The summed E-state index contributed by atoms with van der Waals surface area (Å²) in [6.45, 7) is 4.61. The Morgan fingerprint density at radius 2 is 2.05 bits per heavy atom. The minimum absolute atomic E-state index is 0.575. The molecule has 1 saturated heterocycles. The molecule has 2 atom stereocenters. The number of hydrogen-bond donors (Lipinski definition) is 1. The minimum Gasteiger partial charge on any atom is -0.319 e. The summed E-state index contributed by atoms with van der Waals surface area (Å²) < 4.78 is 0. The van der Waals surface area contributed by atoms with Crippen molar-refractivity contribution in [1.82, 2.24) is 10.2 Å². The topological polar surface area (TPSA) is 15.3 Å². The van der Waals surface area contributed by atoms with Crippen molar-refractivity contribution < 1.29 is 0 Å². The van der Waals surface area contributed by atoms with Gasteiger partial charge in [-0.1, -0.05) is 37.6 Å². The number of benzene rings is 1. The molecule has 1 aliphatic rings. The molecule has 0 saturated carbocycles. The molecule has 1 aliphatic heterocycles. The van der Waals surface area contributed by atoms with E-state index < -0.39 is 0 Å². The molecule has 2 nitrogen and oxygen atoms in total. The Kier molecular flexibility index (Phi) is 5.41. The highest BCUT2D eigenvalue weighted by molar-refractivity contribution is 5.31. The molecule has 0 radical (unpaired) electrons. The average Bonchev–Trinajstić information content (AvgIpc) is 2.61. The maximum atomic E-state index is 3.40. The number of likely N-dealkylation sites (tertiary alicyclic amines) is 1. The standard InChI is InChI=1S/C17H28N2/c1-4-14-9-5-6-11-16(14)17-15(13-18-2)10-7-8-12-19(17)3/h5-6,9,11,15,17-18H,4,7-8,10,12-13H2,1-3H3. The first-order chi connectivity index (χ1) is 9.27. The molecular weight excluding hydrogens is 232 g/mol. The van der Waals surface area contributed by atoms with Crippen molar-refractivity contribution in [1.29, 1.82) is 0 Å². The Balaban J connectivity index is 2.34. The molecule has 1 heterocycles. The van der Waals surface area contributed by atoms with E-state index in [9.17, 15) is 0 Å². The van der Waals surface area contributed by atoms with Gasteiger partial charge in [0.2, 0.25) is 0 Å². The Hall–Kier alpha value is -0.860. The maximum absolute atomic E-state index is 3.40. The van der Waals surface area contributed by atoms with Gasteiger partial charge >= 0.3 is 0 Å². The van der Waals surface area contributed by atoms with Gasteiger partial charge in [0.25, 0.3) is 0 Å². The fourth-order valence-electron chi connectivity index (χ4n) is 3.54. The van der Waals surface area contributed by atoms with Crippen molar-refractivity contribution in [3.05, 3.63) is 35.4 Å². The summed E-state index contributed by atoms with van der Waals surface area (Å²) in [7, 11) is 4.37. The summed E-state index contributed by atoms with van der Waals surface area (Å²) >= 11 is 0. The molecule has 0 spiro atoms. The molecule has 0 bridgehead atoms. The van der Waals surface area contributed by atoms with Crippen LogP contribution in [0.15, 0.2) is 24.3 Å². The highest BCUT2D eigenvalue weighted by Crippen LogP contribution is 2.35. The number of rotatable bonds is 4. The molecule has 2 heteroatoms. The molecule has 2 unspecified atom stereocenters. The second-order valence-corrected chi connectivity index (χ2v) is 5.79. The van der Waals surface area contributed by atoms with E-state index in [-0.39, 0.29) is 0 Å². The van der Waals surface area contributed by atoms with Crippen LogP contribution in [0.25, 0.3) is 0 Å². The van der Waals surface area contributed by atoms with E-state index >= 15 is 0 Å². The average molecular weight is 260 g/mol. The van der Waals surface area contributed by atoms with Gasteiger partial charge in [0.1, 0.15) is 0 Å². The van der Waals surface area contributed by atoms with Crippen LogP contribution in [0.2, 0.25) is 0 Å². The lowest BCUT2D eigenvalue weighted by Crippen LogP contribution is -2.34. The quantitative estimate of drug-likeness (QED) is 0.894. The van der Waals surface area contributed by atoms with Crippen molar-refractivity contribution in [3.8, 4) is 0 Å². The smallest absolute Gasteiger partial charge is 0.0388 e. The second kappa shape index (κ2) is 7.06. The van der Waals surface area contributed by atoms with Crippen molar-refractivity contribution in [2.24, 2.45) is 5.92 Å². The van der Waals surface area contributed by atoms with Crippen LogP contribution in [0, 0.1) is 5.92 Å². The highest BCUT2D eigenvalue weighted by atomic mass is 15.1. The summed E-state index contributed by atoms with van der Waals surface area (Å²) in [6.07, 6.45) is 5.17. The van der Waals surface area contributed by atoms with Gasteiger partial charge in [0.15, 0.2) is 0 Å². The van der Waals surface area contributed by atoms with E-state index in [1.54, 1.807) is 5.56 Å². The second-order valence-electron chi connectivity index (χ2n) is 5.79. The number of nitrogens with zero attached hydrogens (tertiary/aromatic N) is 1. The lowest BCUT2D eigenvalue weighted by atomic mass is 9.86. The van der Waals surface area contributed by atoms with Crippen molar-refractivity contribution >= 4 is 0 Å². The normalized spacial score (nSPS) is 25.2. The predicted octanol–water partition coefficient (Wildman–Crippen LogP) is 3.24. The third kappa shape index (κ3) is 3.37. The molecule has 106 valence electrons. The largest absolute Gasteiger partial charge is 0.319 e. The zero-order valence-electron chi connectivity index (χ0n) is 12.7. The zero-order valence-corrected chi connectivity index (χ0v) is 12.7. The number of nitrogens with one attached hydrogen (secondary N) is 1. The monoisotopic (exact) mass is 260 g/mol. The van der Waals surface area contributed by atoms with E-state index in [1.165, 1.54) is 31.4 Å². The van der Waals surface area contributed by atoms with Crippen LogP contribution < -0.4 is 5.32 Å². The predicted molar refractivity (Wildman–Crippen MR) is 82.5 cm³/mol. The SMILES string of the molecule is CCc1ccccc1C1C(CNC)CCCCN1C. The maximum Gasteiger partial charge on any atom is 0.0388 e. The van der Waals surface area contributed by atoms with E-state index in [0.29, 0.717) is 6.04 Å². The van der Waals surface area contributed by atoms with Crippen LogP contribution in [0.4, 0.5) is 0 Å². The molecule has 1 fully saturated rings. The molecule has 1 aromatic rings. The Bertz CT molecular complexity index is 389. The molecule has 0 aliphatic carbocycles. The van der Waals surface area contributed by atoms with Gasteiger partial charge in [-0.15, -0.1) is 0 Å². The van der Waals surface area contributed by atoms with E-state index in [4.69, 9.17) is 0 Å². The number of aryl methyl sites for hydroxylation is 1. The molecular formula is C17H28N2. The Labute approximate surface area is 118 Å². The summed E-state index contributed by atoms with van der Waals surface area (Å²) in [5.41, 5.74) is 3.07. The summed E-state index contributed by atoms with van der Waals surface area (Å²) in [6, 6.07) is 9.58. The summed E-state index contributed by atoms with van der Waals surface area (Å²) in [5, 5.41) is 3.40. The van der Waals surface area contributed by atoms with Gasteiger partial charge in [0, 0.05) is 6.04 Å². The first-order valence-electron chi connectivity index (χ1n) is 7.70. The van der Waals surface area contributed by atoms with Gasteiger partial charge in [-0.25, -0.2) is 0 Å². The molecule has 19 heavy (non-hydrogen) atoms. The lowest BCUT2D eigenvalue weighted by Gasteiger charge is -2.34. The summed E-state index contributed by atoms with van der Waals surface area (Å²) in [5.74, 6) is 0.727. The van der Waals surface area contributed by atoms with Gasteiger partial charge in [-0.3, -0.25) is 4.90 Å². The van der Waals surface area contributed by atoms with Crippen LogP contribution in [-0.4, -0.2) is 32.1 Å². The first-order valence-corrected chi connectivity index (χ1v) is 7.70. The van der Waals surface area contributed by atoms with Gasteiger partial charge in [-0.2, -0.15) is 0 Å². The van der Waals surface area contributed by atoms with Gasteiger partial charge in [0.05, 0.1) is 0 Å². The summed E-state index contributed by atoms with van der Waals surface area (Å²) in [4.78, 5) is 2.57. The van der Waals surface area contributed by atoms with Crippen LogP contribution in [0.1, 0.15) is 43.4 Å². The molecule has 2 rings (SSSR count). The third-order valence-electron chi connectivity index (χ3n) is 4.48. The minimum atomic E-state index is 0.575. The van der Waals surface area contributed by atoms with E-state index in [2.05, 4.69) is 55.5 Å². The fourth-order valence-corrected chi connectivity index (χ4v) is 3.54. The molecule has 0 amide bonds. The van der Waals surface area contributed by atoms with Crippen molar-refractivity contribution in [2.45, 2.75) is 38.6 Å². The zero-order chi connectivity index (χ0) is 13.7. The number of hydrogen-bond acceptors (Lipinski definition) is 2. The van der Waals surface area contributed by atoms with Crippen LogP contribution in [0.3, 0.4) is 0 Å². The van der Waals surface area contributed by atoms with Crippen LogP contribution in [-0.2, 0) is 6.42 Å². The fraction of sp³-hybridized carbons (Fsp3) is 0.647. The third-order valence-corrected chi connectivity index (χ3v) is 4.48. The van der Waals surface area contributed by atoms with Gasteiger partial charge < -0.3 is 5.32 Å². The molecule has 0 aromatic heterocycles. The lowest BCUT2D eigenvalue weighted by molar-refractivity contribution is 0.190. The van der Waals surface area contributed by atoms with Crippen molar-refractivity contribution in [2.75, 3.05) is 27.2 Å². The van der Waals surface area contributed by atoms with Crippen LogP contribution in [0.5, 0.6) is 0 Å². The Morgan fingerprint density at radius 1 is 1.26 bits per heavy atom. The molecule has 1 aromatic carbocycles. The molecule has 1 N–H and O–H groups in total. The van der Waals surface area contributed by atoms with Gasteiger partial charge in [-0.05, 0) is 63.5 Å².